The number of hydrogen-bond donors (Lipinski definition) is 0. The third-order valence-electron chi connectivity index (χ3n) is 14.1. The van der Waals surface area contributed by atoms with Crippen molar-refractivity contribution in [3.8, 4) is 0 Å². The molecule has 0 aliphatic rings. The van der Waals surface area contributed by atoms with Crippen LogP contribution < -0.4 is 0 Å². The molecule has 0 radical (unpaired) electrons. The quantitative estimate of drug-likeness (QED) is 0.0343. The smallest absolute Gasteiger partial charge is 0.305 e. The minimum atomic E-state index is -0.739. The van der Waals surface area contributed by atoms with Crippen molar-refractivity contribution >= 4 is 17.9 Å². The molecule has 0 aliphatic heterocycles. The van der Waals surface area contributed by atoms with E-state index in [2.05, 4.69) is 41.5 Å². The SMILES string of the molecule is CCC(COC(=O)CCCCCCCCCCCCCCC(C)C)(COC(=O)CCCCCCCCCCCCCCC(C)C)COC(=O)CCCCCCCCCCCCCCC(C)C. The third kappa shape index (κ3) is 47.5. The van der Waals surface area contributed by atoms with Crippen molar-refractivity contribution in [1.29, 1.82) is 0 Å². The predicted molar refractivity (Wildman–Crippen MR) is 284 cm³/mol. The van der Waals surface area contributed by atoms with Crippen LogP contribution in [0.2, 0.25) is 0 Å². The minimum absolute atomic E-state index is 0.0941. The summed E-state index contributed by atoms with van der Waals surface area (Å²) in [6, 6.07) is 0. The molecule has 0 fully saturated rings. The van der Waals surface area contributed by atoms with Gasteiger partial charge in [-0.2, -0.15) is 0 Å². The fourth-order valence-electron chi connectivity index (χ4n) is 9.12. The third-order valence-corrected chi connectivity index (χ3v) is 14.1. The van der Waals surface area contributed by atoms with Gasteiger partial charge in [-0.25, -0.2) is 0 Å². The first-order valence-corrected chi connectivity index (χ1v) is 29.5. The van der Waals surface area contributed by atoms with Gasteiger partial charge < -0.3 is 14.2 Å². The lowest BCUT2D eigenvalue weighted by molar-refractivity contribution is -0.162. The van der Waals surface area contributed by atoms with Crippen molar-refractivity contribution in [1.82, 2.24) is 0 Å². The molecule has 0 unspecified atom stereocenters. The second-order valence-electron chi connectivity index (χ2n) is 22.4. The standard InChI is InChI=1S/C60H116O6/c1-8-60(51-64-57(61)48-42-36-30-24-18-12-9-15-21-27-33-39-45-54(2)3,52-65-58(62)49-43-37-31-25-19-13-10-16-22-28-34-40-46-55(4)5)53-66-59(63)50-44-38-32-26-20-14-11-17-23-29-35-41-47-56(6)7/h54-56H,8-53H2,1-7H3. The van der Waals surface area contributed by atoms with E-state index in [1.165, 1.54) is 193 Å². The predicted octanol–water partition coefficient (Wildman–Crippen LogP) is 19.4. The molecule has 0 rings (SSSR count). The summed E-state index contributed by atoms with van der Waals surface area (Å²) in [6.07, 6.45) is 51.2. The zero-order valence-electron chi connectivity index (χ0n) is 45.7. The van der Waals surface area contributed by atoms with E-state index in [4.69, 9.17) is 14.2 Å². The van der Waals surface area contributed by atoms with Gasteiger partial charge >= 0.3 is 17.9 Å². The second-order valence-corrected chi connectivity index (χ2v) is 22.4. The highest BCUT2D eigenvalue weighted by molar-refractivity contribution is 5.70. The van der Waals surface area contributed by atoms with Crippen molar-refractivity contribution in [2.45, 2.75) is 325 Å². The molecule has 0 spiro atoms. The first kappa shape index (κ1) is 64.4. The average Bonchev–Trinajstić information content (AvgIpc) is 3.28. The van der Waals surface area contributed by atoms with E-state index in [0.717, 1.165) is 75.5 Å². The zero-order chi connectivity index (χ0) is 48.6. The van der Waals surface area contributed by atoms with Gasteiger partial charge in [-0.1, -0.05) is 280 Å². The number of rotatable bonds is 52. The topological polar surface area (TPSA) is 78.9 Å². The van der Waals surface area contributed by atoms with Crippen molar-refractivity contribution in [3.05, 3.63) is 0 Å². The molecule has 0 saturated heterocycles. The van der Waals surface area contributed by atoms with Crippen LogP contribution in [0.5, 0.6) is 0 Å². The van der Waals surface area contributed by atoms with Gasteiger partial charge in [0.05, 0.1) is 5.41 Å². The molecular weight excluding hydrogens is 817 g/mol. The Kier molecular flexibility index (Phi) is 47.3. The number of esters is 3. The van der Waals surface area contributed by atoms with Gasteiger partial charge in [0.1, 0.15) is 19.8 Å². The molecular formula is C60H116O6. The van der Waals surface area contributed by atoms with Crippen LogP contribution in [0.4, 0.5) is 0 Å². The Morgan fingerprint density at radius 2 is 0.455 bits per heavy atom. The van der Waals surface area contributed by atoms with Crippen LogP contribution in [0.3, 0.4) is 0 Å². The Morgan fingerprint density at radius 1 is 0.288 bits per heavy atom. The zero-order valence-corrected chi connectivity index (χ0v) is 45.7. The fraction of sp³-hybridized carbons (Fsp3) is 0.950. The molecule has 0 N–H and O–H groups in total. The Bertz CT molecular complexity index is 925. The molecule has 0 bridgehead atoms. The van der Waals surface area contributed by atoms with E-state index >= 15 is 0 Å². The summed E-state index contributed by atoms with van der Waals surface area (Å²) in [4.78, 5) is 38.7. The van der Waals surface area contributed by atoms with E-state index < -0.39 is 5.41 Å². The highest BCUT2D eigenvalue weighted by atomic mass is 16.6. The maximum atomic E-state index is 12.9. The monoisotopic (exact) mass is 933 g/mol. The van der Waals surface area contributed by atoms with Gasteiger partial charge in [-0.15, -0.1) is 0 Å². The number of ether oxygens (including phenoxy) is 3. The largest absolute Gasteiger partial charge is 0.465 e. The van der Waals surface area contributed by atoms with E-state index in [0.29, 0.717) is 25.7 Å². The molecule has 0 aromatic heterocycles. The first-order chi connectivity index (χ1) is 32.0. The normalized spacial score (nSPS) is 11.9. The Labute approximate surface area is 412 Å². The summed E-state index contributed by atoms with van der Waals surface area (Å²) in [5, 5.41) is 0. The van der Waals surface area contributed by atoms with Gasteiger partial charge in [0.15, 0.2) is 0 Å². The summed E-state index contributed by atoms with van der Waals surface area (Å²) < 4.78 is 17.5. The molecule has 6 nitrogen and oxygen atoms in total. The molecule has 0 aromatic rings. The molecule has 6 heteroatoms. The van der Waals surface area contributed by atoms with Crippen molar-refractivity contribution in [2.24, 2.45) is 23.2 Å². The molecule has 392 valence electrons. The van der Waals surface area contributed by atoms with Gasteiger partial charge in [0, 0.05) is 19.3 Å². The van der Waals surface area contributed by atoms with E-state index in [1.807, 2.05) is 6.92 Å². The van der Waals surface area contributed by atoms with Crippen LogP contribution in [-0.2, 0) is 28.6 Å². The van der Waals surface area contributed by atoms with Crippen LogP contribution >= 0.6 is 0 Å². The maximum absolute atomic E-state index is 12.9. The Morgan fingerprint density at radius 3 is 0.621 bits per heavy atom. The lowest BCUT2D eigenvalue weighted by Crippen LogP contribution is -2.39. The summed E-state index contributed by atoms with van der Waals surface area (Å²) in [5.74, 6) is 1.85. The lowest BCUT2D eigenvalue weighted by atomic mass is 9.88. The molecule has 0 aliphatic carbocycles. The molecule has 0 saturated carbocycles. The number of carbonyl (C=O) groups is 3. The van der Waals surface area contributed by atoms with Crippen LogP contribution in [0.1, 0.15) is 325 Å². The van der Waals surface area contributed by atoms with Crippen LogP contribution in [0.25, 0.3) is 0 Å². The number of carbonyl (C=O) groups excluding carboxylic acids is 3. The molecule has 0 atom stereocenters. The summed E-state index contributed by atoms with van der Waals surface area (Å²) in [5.41, 5.74) is -0.739. The highest BCUT2D eigenvalue weighted by Crippen LogP contribution is 2.26. The number of unbranched alkanes of at least 4 members (excludes halogenated alkanes) is 33. The van der Waals surface area contributed by atoms with Gasteiger partial charge in [0.2, 0.25) is 0 Å². The minimum Gasteiger partial charge on any atom is -0.465 e. The fourth-order valence-corrected chi connectivity index (χ4v) is 9.12. The van der Waals surface area contributed by atoms with Gasteiger partial charge in [-0.3, -0.25) is 14.4 Å². The summed E-state index contributed by atoms with van der Waals surface area (Å²) >= 11 is 0. The Hall–Kier alpha value is -1.59. The van der Waals surface area contributed by atoms with Crippen LogP contribution in [0, 0.1) is 23.2 Å². The van der Waals surface area contributed by atoms with Gasteiger partial charge in [0.25, 0.3) is 0 Å². The van der Waals surface area contributed by atoms with Crippen molar-refractivity contribution < 1.29 is 28.6 Å². The van der Waals surface area contributed by atoms with E-state index in [9.17, 15) is 14.4 Å². The first-order valence-electron chi connectivity index (χ1n) is 29.5. The average molecular weight is 934 g/mol. The second kappa shape index (κ2) is 48.4. The molecule has 0 amide bonds. The van der Waals surface area contributed by atoms with Crippen molar-refractivity contribution in [2.75, 3.05) is 19.8 Å². The summed E-state index contributed by atoms with van der Waals surface area (Å²) in [7, 11) is 0. The summed E-state index contributed by atoms with van der Waals surface area (Å²) in [6.45, 7) is 16.2. The molecule has 0 aromatic carbocycles. The Balaban J connectivity index is 4.55. The molecule has 0 heterocycles. The molecule has 66 heavy (non-hydrogen) atoms. The lowest BCUT2D eigenvalue weighted by Gasteiger charge is -2.31. The highest BCUT2D eigenvalue weighted by Gasteiger charge is 2.34. The van der Waals surface area contributed by atoms with E-state index in [1.54, 1.807) is 0 Å². The van der Waals surface area contributed by atoms with Crippen LogP contribution in [-0.4, -0.2) is 37.7 Å². The number of hydrogen-bond acceptors (Lipinski definition) is 6. The maximum Gasteiger partial charge on any atom is 0.305 e. The van der Waals surface area contributed by atoms with Crippen molar-refractivity contribution in [3.63, 3.8) is 0 Å². The van der Waals surface area contributed by atoms with Gasteiger partial charge in [-0.05, 0) is 43.4 Å². The van der Waals surface area contributed by atoms with E-state index in [-0.39, 0.29) is 37.7 Å². The van der Waals surface area contributed by atoms with Crippen LogP contribution in [0.15, 0.2) is 0 Å².